The summed E-state index contributed by atoms with van der Waals surface area (Å²) in [7, 11) is 1.79. The number of halogens is 1. The Hall–Kier alpha value is -1.97. The highest BCUT2D eigenvalue weighted by Gasteiger charge is 2.09. The minimum Gasteiger partial charge on any atom is -0.334 e. The van der Waals surface area contributed by atoms with Crippen molar-refractivity contribution in [2.24, 2.45) is 7.05 Å². The molecule has 1 aromatic carbocycles. The van der Waals surface area contributed by atoms with Crippen LogP contribution in [0, 0.1) is 5.82 Å². The first-order valence-electron chi connectivity index (χ1n) is 4.45. The fourth-order valence-corrected chi connectivity index (χ4v) is 1.41. The summed E-state index contributed by atoms with van der Waals surface area (Å²) in [6.07, 6.45) is 3.95. The van der Waals surface area contributed by atoms with Gasteiger partial charge in [0.2, 0.25) is 0 Å². The maximum Gasteiger partial charge on any atom is 0.150 e. The number of hydrogen-bond donors (Lipinski definition) is 0. The number of rotatable bonds is 2. The Morgan fingerprint density at radius 2 is 2.27 bits per heavy atom. The van der Waals surface area contributed by atoms with E-state index in [2.05, 4.69) is 4.98 Å². The van der Waals surface area contributed by atoms with E-state index in [1.807, 2.05) is 0 Å². The molecule has 76 valence electrons. The lowest BCUT2D eigenvalue weighted by atomic mass is 10.1. The lowest BCUT2D eigenvalue weighted by Crippen LogP contribution is -1.95. The molecule has 0 saturated heterocycles. The first-order chi connectivity index (χ1) is 7.22. The number of aryl methyl sites for hydroxylation is 1. The molecule has 0 atom stereocenters. The zero-order valence-electron chi connectivity index (χ0n) is 8.14. The molecule has 0 saturated carbocycles. The lowest BCUT2D eigenvalue weighted by Gasteiger charge is -2.03. The van der Waals surface area contributed by atoms with Crippen LogP contribution in [0.5, 0.6) is 0 Å². The molecule has 0 aliphatic heterocycles. The second-order valence-electron chi connectivity index (χ2n) is 3.22. The molecule has 3 nitrogen and oxygen atoms in total. The van der Waals surface area contributed by atoms with Crippen molar-refractivity contribution in [3.8, 4) is 11.4 Å². The summed E-state index contributed by atoms with van der Waals surface area (Å²) in [5.74, 6) is 0.110. The highest BCUT2D eigenvalue weighted by molar-refractivity contribution is 5.76. The molecule has 4 heteroatoms. The monoisotopic (exact) mass is 204 g/mol. The van der Waals surface area contributed by atoms with Gasteiger partial charge in [-0.1, -0.05) is 6.07 Å². The zero-order chi connectivity index (χ0) is 10.8. The van der Waals surface area contributed by atoms with Crippen LogP contribution in [0.3, 0.4) is 0 Å². The van der Waals surface area contributed by atoms with E-state index in [0.29, 0.717) is 23.2 Å². The van der Waals surface area contributed by atoms with Crippen LogP contribution in [0.25, 0.3) is 11.4 Å². The van der Waals surface area contributed by atoms with Crippen molar-refractivity contribution in [1.29, 1.82) is 0 Å². The van der Waals surface area contributed by atoms with Gasteiger partial charge in [0, 0.05) is 25.0 Å². The molecule has 15 heavy (non-hydrogen) atoms. The number of aldehydes is 1. The molecule has 2 rings (SSSR count). The van der Waals surface area contributed by atoms with Gasteiger partial charge < -0.3 is 4.57 Å². The van der Waals surface area contributed by atoms with Crippen LogP contribution in [-0.4, -0.2) is 15.8 Å². The summed E-state index contributed by atoms with van der Waals surface area (Å²) >= 11 is 0. The van der Waals surface area contributed by atoms with Crippen molar-refractivity contribution >= 4 is 6.29 Å². The third kappa shape index (κ3) is 1.66. The van der Waals surface area contributed by atoms with E-state index < -0.39 is 5.82 Å². The van der Waals surface area contributed by atoms with E-state index in [1.54, 1.807) is 36.1 Å². The van der Waals surface area contributed by atoms with Gasteiger partial charge in [0.1, 0.15) is 17.9 Å². The molecule has 0 N–H and O–H groups in total. The third-order valence-electron chi connectivity index (χ3n) is 2.19. The Bertz CT molecular complexity index is 505. The zero-order valence-corrected chi connectivity index (χ0v) is 8.14. The minimum atomic E-state index is -0.436. The molecular weight excluding hydrogens is 195 g/mol. The van der Waals surface area contributed by atoms with Gasteiger partial charge in [-0.05, 0) is 12.1 Å². The lowest BCUT2D eigenvalue weighted by molar-refractivity contribution is 0.112. The fourth-order valence-electron chi connectivity index (χ4n) is 1.41. The molecule has 1 aromatic heterocycles. The van der Waals surface area contributed by atoms with E-state index in [9.17, 15) is 9.18 Å². The number of aromatic nitrogens is 2. The molecule has 2 aromatic rings. The number of carbonyl (C=O) groups is 1. The normalized spacial score (nSPS) is 10.3. The Morgan fingerprint density at radius 3 is 2.80 bits per heavy atom. The van der Waals surface area contributed by atoms with Crippen LogP contribution < -0.4 is 0 Å². The van der Waals surface area contributed by atoms with Gasteiger partial charge in [0.05, 0.1) is 5.56 Å². The van der Waals surface area contributed by atoms with Gasteiger partial charge >= 0.3 is 0 Å². The van der Waals surface area contributed by atoms with Crippen LogP contribution in [-0.2, 0) is 7.05 Å². The molecule has 0 unspecified atom stereocenters. The van der Waals surface area contributed by atoms with Crippen LogP contribution in [0.1, 0.15) is 10.4 Å². The van der Waals surface area contributed by atoms with Crippen LogP contribution in [0.15, 0.2) is 30.6 Å². The summed E-state index contributed by atoms with van der Waals surface area (Å²) < 4.78 is 15.3. The van der Waals surface area contributed by atoms with Crippen molar-refractivity contribution in [3.63, 3.8) is 0 Å². The summed E-state index contributed by atoms with van der Waals surface area (Å²) in [5.41, 5.74) is 0.721. The fraction of sp³-hybridized carbons (Fsp3) is 0.0909. The highest BCUT2D eigenvalue weighted by atomic mass is 19.1. The first kappa shape index (κ1) is 9.58. The van der Waals surface area contributed by atoms with Gasteiger partial charge in [-0.3, -0.25) is 4.79 Å². The average Bonchev–Trinajstić information content (AvgIpc) is 2.64. The SMILES string of the molecule is Cn1ccnc1-c1ccc(C=O)cc1F. The predicted molar refractivity (Wildman–Crippen MR) is 54.0 cm³/mol. The van der Waals surface area contributed by atoms with Crippen LogP contribution in [0.4, 0.5) is 4.39 Å². The second kappa shape index (κ2) is 3.65. The van der Waals surface area contributed by atoms with Gasteiger partial charge in [0.25, 0.3) is 0 Å². The highest BCUT2D eigenvalue weighted by Crippen LogP contribution is 2.20. The quantitative estimate of drug-likeness (QED) is 0.701. The molecule has 0 amide bonds. The molecular formula is C11H9FN2O. The number of imidazole rings is 1. The minimum absolute atomic E-state index is 0.324. The maximum atomic E-state index is 13.6. The van der Waals surface area contributed by atoms with Gasteiger partial charge in [-0.25, -0.2) is 9.37 Å². The standard InChI is InChI=1S/C11H9FN2O/c1-14-5-4-13-11(14)9-3-2-8(7-15)6-10(9)12/h2-7H,1H3. The van der Waals surface area contributed by atoms with Crippen molar-refractivity contribution in [3.05, 3.63) is 42.0 Å². The van der Waals surface area contributed by atoms with E-state index in [4.69, 9.17) is 0 Å². The summed E-state index contributed by atoms with van der Waals surface area (Å²) in [6.45, 7) is 0. The predicted octanol–water partition coefficient (Wildman–Crippen LogP) is 2.04. The Labute approximate surface area is 86.2 Å². The summed E-state index contributed by atoms with van der Waals surface area (Å²) in [5, 5.41) is 0. The molecule has 0 spiro atoms. The summed E-state index contributed by atoms with van der Waals surface area (Å²) in [4.78, 5) is 14.5. The first-order valence-corrected chi connectivity index (χ1v) is 4.45. The second-order valence-corrected chi connectivity index (χ2v) is 3.22. The molecule has 0 bridgehead atoms. The Morgan fingerprint density at radius 1 is 1.47 bits per heavy atom. The van der Waals surface area contributed by atoms with Crippen molar-refractivity contribution in [2.75, 3.05) is 0 Å². The van der Waals surface area contributed by atoms with Crippen molar-refractivity contribution in [1.82, 2.24) is 9.55 Å². The van der Waals surface area contributed by atoms with E-state index >= 15 is 0 Å². The smallest absolute Gasteiger partial charge is 0.150 e. The average molecular weight is 204 g/mol. The van der Waals surface area contributed by atoms with Crippen LogP contribution in [0.2, 0.25) is 0 Å². The Kier molecular flexibility index (Phi) is 2.33. The molecule has 0 fully saturated rings. The van der Waals surface area contributed by atoms with E-state index in [1.165, 1.54) is 6.07 Å². The number of benzene rings is 1. The van der Waals surface area contributed by atoms with Crippen molar-refractivity contribution in [2.45, 2.75) is 0 Å². The van der Waals surface area contributed by atoms with Gasteiger partial charge in [-0.2, -0.15) is 0 Å². The Balaban J connectivity index is 2.55. The summed E-state index contributed by atoms with van der Waals surface area (Å²) in [6, 6.07) is 4.33. The van der Waals surface area contributed by atoms with Gasteiger partial charge in [0.15, 0.2) is 0 Å². The topological polar surface area (TPSA) is 34.9 Å². The van der Waals surface area contributed by atoms with E-state index in [-0.39, 0.29) is 0 Å². The van der Waals surface area contributed by atoms with Crippen molar-refractivity contribution < 1.29 is 9.18 Å². The van der Waals surface area contributed by atoms with E-state index in [0.717, 1.165) is 0 Å². The molecule has 0 aliphatic carbocycles. The molecule has 0 radical (unpaired) electrons. The molecule has 1 heterocycles. The third-order valence-corrected chi connectivity index (χ3v) is 2.19. The van der Waals surface area contributed by atoms with Gasteiger partial charge in [-0.15, -0.1) is 0 Å². The number of nitrogens with zero attached hydrogens (tertiary/aromatic N) is 2. The largest absolute Gasteiger partial charge is 0.334 e. The molecule has 0 aliphatic rings. The van der Waals surface area contributed by atoms with Crippen LogP contribution >= 0.6 is 0 Å². The number of carbonyl (C=O) groups excluding carboxylic acids is 1. The maximum absolute atomic E-state index is 13.6. The number of hydrogen-bond acceptors (Lipinski definition) is 2.